The maximum atomic E-state index is 11.6. The zero-order chi connectivity index (χ0) is 24.5. The van der Waals surface area contributed by atoms with Gasteiger partial charge in [0.1, 0.15) is 11.6 Å². The Hall–Kier alpha value is -4.34. The minimum Gasteiger partial charge on any atom is -0.366 e. The second-order valence-corrected chi connectivity index (χ2v) is 8.04. The molecule has 4 rings (SSSR count). The van der Waals surface area contributed by atoms with Crippen molar-refractivity contribution in [3.8, 4) is 22.5 Å². The highest BCUT2D eigenvalue weighted by atomic mass is 16.2. The first kappa shape index (κ1) is 23.8. The van der Waals surface area contributed by atoms with Crippen LogP contribution in [0.5, 0.6) is 0 Å². The number of rotatable bonds is 10. The Morgan fingerprint density at radius 1 is 1.03 bits per heavy atom. The number of amides is 2. The summed E-state index contributed by atoms with van der Waals surface area (Å²) in [7, 11) is 1.59. The third-order valence-corrected chi connectivity index (χ3v) is 5.59. The van der Waals surface area contributed by atoms with Crippen molar-refractivity contribution in [1.29, 1.82) is 0 Å². The molecule has 0 aliphatic carbocycles. The van der Waals surface area contributed by atoms with Crippen LogP contribution in [-0.2, 0) is 19.5 Å². The van der Waals surface area contributed by atoms with E-state index < -0.39 is 0 Å². The largest absolute Gasteiger partial charge is 0.366 e. The molecule has 2 aromatic heterocycles. The SMILES string of the molecule is CCCCc1ncc(CNC(=O)NC)c(NCc2ccc(-c3ccccc3-c3nnn[nH]3)cc2)n1. The van der Waals surface area contributed by atoms with Gasteiger partial charge in [0.05, 0.1) is 0 Å². The van der Waals surface area contributed by atoms with Gasteiger partial charge in [0.15, 0.2) is 5.82 Å². The molecule has 180 valence electrons. The highest BCUT2D eigenvalue weighted by Crippen LogP contribution is 2.29. The van der Waals surface area contributed by atoms with Crippen LogP contribution in [0.3, 0.4) is 0 Å². The summed E-state index contributed by atoms with van der Waals surface area (Å²) in [5.74, 6) is 2.16. The number of urea groups is 1. The summed E-state index contributed by atoms with van der Waals surface area (Å²) in [5, 5.41) is 23.1. The average molecular weight is 472 g/mol. The van der Waals surface area contributed by atoms with Crippen LogP contribution in [0.25, 0.3) is 22.5 Å². The van der Waals surface area contributed by atoms with Gasteiger partial charge in [0.25, 0.3) is 0 Å². The van der Waals surface area contributed by atoms with Gasteiger partial charge in [-0.1, -0.05) is 61.9 Å². The Kier molecular flexibility index (Phi) is 7.95. The summed E-state index contributed by atoms with van der Waals surface area (Å²) >= 11 is 0. The van der Waals surface area contributed by atoms with E-state index >= 15 is 0 Å². The Bertz CT molecular complexity index is 1240. The van der Waals surface area contributed by atoms with E-state index in [9.17, 15) is 4.79 Å². The number of tetrazole rings is 1. The number of unbranched alkanes of at least 4 members (excludes halogenated alkanes) is 1. The third-order valence-electron chi connectivity index (χ3n) is 5.59. The molecule has 0 saturated heterocycles. The molecule has 0 saturated carbocycles. The molecule has 0 aliphatic heterocycles. The van der Waals surface area contributed by atoms with Crippen molar-refractivity contribution < 1.29 is 4.79 Å². The van der Waals surface area contributed by atoms with Crippen molar-refractivity contribution in [3.63, 3.8) is 0 Å². The van der Waals surface area contributed by atoms with Crippen LogP contribution in [0.2, 0.25) is 0 Å². The maximum absolute atomic E-state index is 11.6. The van der Waals surface area contributed by atoms with Gasteiger partial charge in [-0.15, -0.1) is 5.10 Å². The van der Waals surface area contributed by atoms with Gasteiger partial charge in [-0.2, -0.15) is 0 Å². The Morgan fingerprint density at radius 3 is 2.54 bits per heavy atom. The van der Waals surface area contributed by atoms with E-state index in [4.69, 9.17) is 4.98 Å². The van der Waals surface area contributed by atoms with E-state index in [-0.39, 0.29) is 6.03 Å². The van der Waals surface area contributed by atoms with Gasteiger partial charge in [-0.05, 0) is 33.5 Å². The van der Waals surface area contributed by atoms with E-state index in [1.807, 2.05) is 18.2 Å². The molecule has 35 heavy (non-hydrogen) atoms. The number of nitrogens with zero attached hydrogens (tertiary/aromatic N) is 5. The molecule has 2 heterocycles. The molecular formula is C25H29N9O. The number of aryl methyl sites for hydroxylation is 1. The van der Waals surface area contributed by atoms with Gasteiger partial charge < -0.3 is 16.0 Å². The van der Waals surface area contributed by atoms with Crippen molar-refractivity contribution in [2.45, 2.75) is 39.3 Å². The first-order valence-corrected chi connectivity index (χ1v) is 11.6. The van der Waals surface area contributed by atoms with Crippen molar-refractivity contribution >= 4 is 11.8 Å². The predicted molar refractivity (Wildman–Crippen MR) is 134 cm³/mol. The molecule has 0 atom stereocenters. The first-order valence-electron chi connectivity index (χ1n) is 11.6. The number of carbonyl (C=O) groups excluding carboxylic acids is 1. The zero-order valence-electron chi connectivity index (χ0n) is 19.9. The molecule has 10 nitrogen and oxygen atoms in total. The lowest BCUT2D eigenvalue weighted by atomic mass is 9.98. The minimum atomic E-state index is -0.247. The smallest absolute Gasteiger partial charge is 0.314 e. The molecule has 0 fully saturated rings. The number of anilines is 1. The molecule has 0 unspecified atom stereocenters. The molecular weight excluding hydrogens is 442 g/mol. The highest BCUT2D eigenvalue weighted by molar-refractivity contribution is 5.80. The van der Waals surface area contributed by atoms with E-state index in [1.165, 1.54) is 0 Å². The minimum absolute atomic E-state index is 0.247. The van der Waals surface area contributed by atoms with Crippen molar-refractivity contribution in [3.05, 3.63) is 71.7 Å². The van der Waals surface area contributed by atoms with Crippen LogP contribution in [0, 0.1) is 0 Å². The van der Waals surface area contributed by atoms with Crippen LogP contribution < -0.4 is 16.0 Å². The summed E-state index contributed by atoms with van der Waals surface area (Å²) < 4.78 is 0. The zero-order valence-corrected chi connectivity index (χ0v) is 19.9. The molecule has 4 aromatic rings. The molecule has 4 N–H and O–H groups in total. The van der Waals surface area contributed by atoms with Crippen molar-refractivity contribution in [2.75, 3.05) is 12.4 Å². The monoisotopic (exact) mass is 471 g/mol. The molecule has 10 heteroatoms. The van der Waals surface area contributed by atoms with Crippen molar-refractivity contribution in [1.82, 2.24) is 41.2 Å². The van der Waals surface area contributed by atoms with Crippen LogP contribution in [0.15, 0.2) is 54.7 Å². The topological polar surface area (TPSA) is 133 Å². The Morgan fingerprint density at radius 2 is 1.83 bits per heavy atom. The van der Waals surface area contributed by atoms with Crippen LogP contribution >= 0.6 is 0 Å². The van der Waals surface area contributed by atoms with Gasteiger partial charge >= 0.3 is 6.03 Å². The number of aromatic amines is 1. The molecule has 0 radical (unpaired) electrons. The van der Waals surface area contributed by atoms with E-state index in [1.54, 1.807) is 13.2 Å². The molecule has 2 aromatic carbocycles. The fourth-order valence-corrected chi connectivity index (χ4v) is 3.65. The molecule has 0 aliphatic rings. The highest BCUT2D eigenvalue weighted by Gasteiger charge is 2.11. The van der Waals surface area contributed by atoms with Gasteiger partial charge in [-0.3, -0.25) is 0 Å². The van der Waals surface area contributed by atoms with Gasteiger partial charge in [-0.25, -0.2) is 19.9 Å². The molecule has 0 spiro atoms. The standard InChI is InChI=1S/C25H29N9O/c1-3-4-9-22-27-15-19(16-29-25(35)26-2)23(30-22)28-14-17-10-12-18(13-11-17)20-7-5-6-8-21(20)24-31-33-34-32-24/h5-8,10-13,15H,3-4,9,14,16H2,1-2H3,(H2,26,29,35)(H,27,28,30)(H,31,32,33,34). The number of aromatic nitrogens is 6. The number of H-pyrrole nitrogens is 1. The number of nitrogens with one attached hydrogen (secondary N) is 4. The fraction of sp³-hybridized carbons (Fsp3) is 0.280. The van der Waals surface area contributed by atoms with Crippen molar-refractivity contribution in [2.24, 2.45) is 0 Å². The molecule has 2 amide bonds. The Balaban J connectivity index is 1.49. The lowest BCUT2D eigenvalue weighted by Crippen LogP contribution is -2.32. The first-order chi connectivity index (χ1) is 17.2. The number of carbonyl (C=O) groups is 1. The Labute approximate surface area is 204 Å². The van der Waals surface area contributed by atoms with Crippen LogP contribution in [0.1, 0.15) is 36.7 Å². The average Bonchev–Trinajstić information content (AvgIpc) is 3.45. The number of hydrogen-bond donors (Lipinski definition) is 4. The summed E-state index contributed by atoms with van der Waals surface area (Å²) in [6.07, 6.45) is 4.72. The lowest BCUT2D eigenvalue weighted by molar-refractivity contribution is 0.242. The lowest BCUT2D eigenvalue weighted by Gasteiger charge is -2.14. The van der Waals surface area contributed by atoms with Gasteiger partial charge in [0, 0.05) is 43.9 Å². The van der Waals surface area contributed by atoms with E-state index in [0.717, 1.165) is 58.7 Å². The maximum Gasteiger partial charge on any atom is 0.314 e. The van der Waals surface area contributed by atoms with Crippen LogP contribution in [0.4, 0.5) is 10.6 Å². The van der Waals surface area contributed by atoms with Crippen LogP contribution in [-0.4, -0.2) is 43.7 Å². The van der Waals surface area contributed by atoms with E-state index in [2.05, 4.69) is 78.8 Å². The van der Waals surface area contributed by atoms with E-state index in [0.29, 0.717) is 18.9 Å². The third kappa shape index (κ3) is 6.17. The van der Waals surface area contributed by atoms with Gasteiger partial charge in [0.2, 0.25) is 0 Å². The second-order valence-electron chi connectivity index (χ2n) is 8.04. The summed E-state index contributed by atoms with van der Waals surface area (Å²) in [4.78, 5) is 20.8. The summed E-state index contributed by atoms with van der Waals surface area (Å²) in [6, 6.07) is 16.1. The normalized spacial score (nSPS) is 10.7. The predicted octanol–water partition coefficient (Wildman–Crippen LogP) is 3.71. The number of benzene rings is 2. The summed E-state index contributed by atoms with van der Waals surface area (Å²) in [5.41, 5.74) is 4.99. The quantitative estimate of drug-likeness (QED) is 0.277. The molecule has 0 bridgehead atoms. The number of hydrogen-bond acceptors (Lipinski definition) is 7. The summed E-state index contributed by atoms with van der Waals surface area (Å²) in [6.45, 7) is 3.07. The fourth-order valence-electron chi connectivity index (χ4n) is 3.65. The second kappa shape index (κ2) is 11.7.